The number of methoxy groups -OCH3 is 1. The highest BCUT2D eigenvalue weighted by molar-refractivity contribution is 5.84. The Morgan fingerprint density at radius 1 is 0.781 bits per heavy atom. The first-order valence-corrected chi connectivity index (χ1v) is 10.8. The molecule has 2 atom stereocenters. The number of fused-ring (bicyclic) bond motifs is 1. The number of amides is 1. The van der Waals surface area contributed by atoms with E-state index >= 15 is 0 Å². The molecule has 0 radical (unpaired) electrons. The predicted octanol–water partition coefficient (Wildman–Crippen LogP) is 5.91. The van der Waals surface area contributed by atoms with Crippen LogP contribution in [-0.2, 0) is 4.79 Å². The van der Waals surface area contributed by atoms with Gasteiger partial charge in [-0.25, -0.2) is 0 Å². The number of carbonyl (C=O) groups is 1. The molecule has 0 fully saturated rings. The molecule has 0 saturated carbocycles. The van der Waals surface area contributed by atoms with E-state index in [1.165, 1.54) is 0 Å². The van der Waals surface area contributed by atoms with E-state index < -0.39 is 6.10 Å². The lowest BCUT2D eigenvalue weighted by molar-refractivity contribution is -0.128. The minimum absolute atomic E-state index is 0.148. The first-order valence-electron chi connectivity index (χ1n) is 10.8. The smallest absolute Gasteiger partial charge is 0.261 e. The average molecular weight is 426 g/mol. The van der Waals surface area contributed by atoms with Gasteiger partial charge in [0.25, 0.3) is 5.91 Å². The lowest BCUT2D eigenvalue weighted by atomic mass is 9.98. The number of hydrogen-bond donors (Lipinski definition) is 1. The van der Waals surface area contributed by atoms with Gasteiger partial charge in [-0.1, -0.05) is 79.7 Å². The third kappa shape index (κ3) is 4.92. The molecule has 0 aliphatic carbocycles. The van der Waals surface area contributed by atoms with Gasteiger partial charge in [0.15, 0.2) is 6.10 Å². The Labute approximate surface area is 188 Å². The standard InChI is InChI=1S/C28H27NO3/c1-3-26(32-25-18-13-20-9-7-8-12-23(20)19-25)28(30)29-27(21-10-5-4-6-11-21)22-14-16-24(31-2)17-15-22/h4-19,26-27H,3H2,1-2H3,(H,29,30)/t26-,27+/m1/s1. The van der Waals surface area contributed by atoms with Crippen LogP contribution in [0.5, 0.6) is 11.5 Å². The van der Waals surface area contributed by atoms with Crippen molar-refractivity contribution in [3.8, 4) is 11.5 Å². The Hall–Kier alpha value is -3.79. The number of hydrogen-bond acceptors (Lipinski definition) is 3. The number of ether oxygens (including phenoxy) is 2. The van der Waals surface area contributed by atoms with Crippen molar-refractivity contribution in [3.05, 3.63) is 108 Å². The molecule has 4 heteroatoms. The lowest BCUT2D eigenvalue weighted by Crippen LogP contribution is -2.40. The molecule has 0 heterocycles. The van der Waals surface area contributed by atoms with Gasteiger partial charge in [0.2, 0.25) is 0 Å². The zero-order chi connectivity index (χ0) is 22.3. The van der Waals surface area contributed by atoms with Crippen molar-refractivity contribution in [1.29, 1.82) is 0 Å². The van der Waals surface area contributed by atoms with E-state index in [1.807, 2.05) is 97.9 Å². The molecule has 0 aliphatic heterocycles. The summed E-state index contributed by atoms with van der Waals surface area (Å²) in [7, 11) is 1.64. The highest BCUT2D eigenvalue weighted by Gasteiger charge is 2.24. The van der Waals surface area contributed by atoms with Gasteiger partial charge < -0.3 is 14.8 Å². The van der Waals surface area contributed by atoms with Gasteiger partial charge in [0.05, 0.1) is 13.2 Å². The van der Waals surface area contributed by atoms with Crippen molar-refractivity contribution >= 4 is 16.7 Å². The van der Waals surface area contributed by atoms with Gasteiger partial charge in [0, 0.05) is 0 Å². The molecule has 0 unspecified atom stereocenters. The molecule has 0 bridgehead atoms. The molecule has 4 nitrogen and oxygen atoms in total. The van der Waals surface area contributed by atoms with E-state index in [-0.39, 0.29) is 11.9 Å². The highest BCUT2D eigenvalue weighted by atomic mass is 16.5. The molecule has 0 saturated heterocycles. The van der Waals surface area contributed by atoms with Gasteiger partial charge in [-0.2, -0.15) is 0 Å². The fraction of sp³-hybridized carbons (Fsp3) is 0.179. The van der Waals surface area contributed by atoms with Crippen LogP contribution in [0.15, 0.2) is 97.1 Å². The number of rotatable bonds is 8. The summed E-state index contributed by atoms with van der Waals surface area (Å²) in [6.07, 6.45) is -0.0383. The molecule has 1 amide bonds. The Kier molecular flexibility index (Phi) is 6.71. The Balaban J connectivity index is 1.56. The van der Waals surface area contributed by atoms with E-state index in [9.17, 15) is 4.79 Å². The summed E-state index contributed by atoms with van der Waals surface area (Å²) < 4.78 is 11.4. The maximum atomic E-state index is 13.3. The third-order valence-electron chi connectivity index (χ3n) is 5.53. The average Bonchev–Trinajstić information content (AvgIpc) is 2.86. The Morgan fingerprint density at radius 3 is 2.09 bits per heavy atom. The van der Waals surface area contributed by atoms with Crippen molar-refractivity contribution in [1.82, 2.24) is 5.32 Å². The van der Waals surface area contributed by atoms with Crippen LogP contribution < -0.4 is 14.8 Å². The summed E-state index contributed by atoms with van der Waals surface area (Å²) in [5, 5.41) is 5.41. The van der Waals surface area contributed by atoms with Gasteiger partial charge in [-0.3, -0.25) is 4.79 Å². The molecule has 0 spiro atoms. The topological polar surface area (TPSA) is 47.6 Å². The largest absolute Gasteiger partial charge is 0.497 e. The molecule has 4 aromatic rings. The van der Waals surface area contributed by atoms with E-state index in [0.717, 1.165) is 27.6 Å². The van der Waals surface area contributed by atoms with E-state index in [4.69, 9.17) is 9.47 Å². The molecule has 0 aromatic heterocycles. The van der Waals surface area contributed by atoms with Crippen LogP contribution in [0, 0.1) is 0 Å². The van der Waals surface area contributed by atoms with E-state index in [1.54, 1.807) is 7.11 Å². The second kappa shape index (κ2) is 10.0. The van der Waals surface area contributed by atoms with Crippen LogP contribution in [0.2, 0.25) is 0 Å². The highest BCUT2D eigenvalue weighted by Crippen LogP contribution is 2.26. The zero-order valence-corrected chi connectivity index (χ0v) is 18.3. The van der Waals surface area contributed by atoms with Gasteiger partial charge in [-0.05, 0) is 52.6 Å². The molecule has 0 aliphatic rings. The zero-order valence-electron chi connectivity index (χ0n) is 18.3. The number of carbonyl (C=O) groups excluding carboxylic acids is 1. The maximum absolute atomic E-state index is 13.3. The Morgan fingerprint density at radius 2 is 1.41 bits per heavy atom. The summed E-state index contributed by atoms with van der Waals surface area (Å²) in [6.45, 7) is 1.95. The fourth-order valence-electron chi connectivity index (χ4n) is 3.76. The van der Waals surface area contributed by atoms with Crippen molar-refractivity contribution in [2.75, 3.05) is 7.11 Å². The fourth-order valence-corrected chi connectivity index (χ4v) is 3.76. The van der Waals surface area contributed by atoms with Crippen molar-refractivity contribution in [2.45, 2.75) is 25.5 Å². The summed E-state index contributed by atoms with van der Waals surface area (Å²) in [5.41, 5.74) is 1.98. The molecular formula is C28H27NO3. The van der Waals surface area contributed by atoms with Gasteiger partial charge >= 0.3 is 0 Å². The van der Waals surface area contributed by atoms with Gasteiger partial charge in [-0.15, -0.1) is 0 Å². The molecular weight excluding hydrogens is 398 g/mol. The third-order valence-corrected chi connectivity index (χ3v) is 5.53. The van der Waals surface area contributed by atoms with Crippen molar-refractivity contribution in [2.24, 2.45) is 0 Å². The predicted molar refractivity (Wildman–Crippen MR) is 128 cm³/mol. The number of benzene rings is 4. The van der Waals surface area contributed by atoms with Crippen LogP contribution in [0.4, 0.5) is 0 Å². The normalized spacial score (nSPS) is 12.7. The van der Waals surface area contributed by atoms with Crippen LogP contribution in [0.3, 0.4) is 0 Å². The Bertz CT molecular complexity index is 1170. The summed E-state index contributed by atoms with van der Waals surface area (Å²) in [4.78, 5) is 13.3. The molecule has 1 N–H and O–H groups in total. The van der Waals surface area contributed by atoms with Crippen molar-refractivity contribution in [3.63, 3.8) is 0 Å². The summed E-state index contributed by atoms with van der Waals surface area (Å²) in [6, 6.07) is 31.4. The van der Waals surface area contributed by atoms with E-state index in [0.29, 0.717) is 12.2 Å². The summed E-state index contributed by atoms with van der Waals surface area (Å²) in [5.74, 6) is 1.31. The monoisotopic (exact) mass is 425 g/mol. The first kappa shape index (κ1) is 21.4. The maximum Gasteiger partial charge on any atom is 0.261 e. The number of nitrogens with one attached hydrogen (secondary N) is 1. The van der Waals surface area contributed by atoms with Crippen LogP contribution in [-0.4, -0.2) is 19.1 Å². The second-order valence-corrected chi connectivity index (χ2v) is 7.65. The molecule has 162 valence electrons. The van der Waals surface area contributed by atoms with Crippen LogP contribution in [0.25, 0.3) is 10.8 Å². The quantitative estimate of drug-likeness (QED) is 0.382. The van der Waals surface area contributed by atoms with Crippen LogP contribution in [0.1, 0.15) is 30.5 Å². The molecule has 4 aromatic carbocycles. The van der Waals surface area contributed by atoms with Gasteiger partial charge in [0.1, 0.15) is 11.5 Å². The second-order valence-electron chi connectivity index (χ2n) is 7.65. The van der Waals surface area contributed by atoms with E-state index in [2.05, 4.69) is 11.4 Å². The first-order chi connectivity index (χ1) is 15.7. The SMILES string of the molecule is CC[C@@H](Oc1ccc2ccccc2c1)C(=O)N[C@@H](c1ccccc1)c1ccc(OC)cc1. The molecule has 32 heavy (non-hydrogen) atoms. The summed E-state index contributed by atoms with van der Waals surface area (Å²) >= 11 is 0. The minimum atomic E-state index is -0.597. The lowest BCUT2D eigenvalue weighted by Gasteiger charge is -2.24. The molecule has 4 rings (SSSR count). The van der Waals surface area contributed by atoms with Crippen LogP contribution >= 0.6 is 0 Å². The minimum Gasteiger partial charge on any atom is -0.497 e. The van der Waals surface area contributed by atoms with Crippen molar-refractivity contribution < 1.29 is 14.3 Å².